The molecule has 0 aliphatic heterocycles. The van der Waals surface area contributed by atoms with Crippen LogP contribution in [0, 0.1) is 5.41 Å². The zero-order chi connectivity index (χ0) is 6.04. The van der Waals surface area contributed by atoms with E-state index >= 15 is 0 Å². The Hall–Kier alpha value is 0.180. The van der Waals surface area contributed by atoms with Crippen LogP contribution in [0.3, 0.4) is 0 Å². The molecule has 1 aliphatic carbocycles. The highest BCUT2D eigenvalue weighted by Gasteiger charge is 2.35. The van der Waals surface area contributed by atoms with Crippen LogP contribution in [0.4, 0.5) is 4.39 Å². The minimum Gasteiger partial charge on any atom is -0.330 e. The lowest BCUT2D eigenvalue weighted by Gasteiger charge is -2.38. The zero-order valence-electron chi connectivity index (χ0n) is 5.40. The summed E-state index contributed by atoms with van der Waals surface area (Å²) in [5.41, 5.74) is 5.26. The summed E-state index contributed by atoms with van der Waals surface area (Å²) in [6.45, 7) is 0.312. The molecule has 0 radical (unpaired) electrons. The predicted molar refractivity (Wildman–Crippen MR) is 38.6 cm³/mol. The Morgan fingerprint density at radius 3 is 2.00 bits per heavy atom. The summed E-state index contributed by atoms with van der Waals surface area (Å²) in [6.07, 6.45) is 3.17. The molecule has 1 nitrogen and oxygen atoms in total. The standard InChI is InChI=1S/C6H12FN.ClH/c7-4-6(5-8)2-1-3-6;/h1-5,8H2;1H. The van der Waals surface area contributed by atoms with Crippen LogP contribution < -0.4 is 5.73 Å². The van der Waals surface area contributed by atoms with Crippen molar-refractivity contribution in [1.29, 1.82) is 0 Å². The van der Waals surface area contributed by atoms with E-state index in [1.807, 2.05) is 0 Å². The molecular formula is C6H13ClFN. The molecule has 56 valence electrons. The third-order valence-electron chi connectivity index (χ3n) is 2.13. The third-order valence-corrected chi connectivity index (χ3v) is 2.13. The van der Waals surface area contributed by atoms with Crippen LogP contribution in [0.5, 0.6) is 0 Å². The molecule has 1 aliphatic rings. The monoisotopic (exact) mass is 153 g/mol. The fraction of sp³-hybridized carbons (Fsp3) is 1.00. The zero-order valence-corrected chi connectivity index (χ0v) is 6.22. The molecule has 0 amide bonds. The van der Waals surface area contributed by atoms with Gasteiger partial charge in [0, 0.05) is 12.0 Å². The number of rotatable bonds is 2. The Balaban J connectivity index is 0.000000640. The summed E-state index contributed by atoms with van der Waals surface area (Å²) < 4.78 is 12.0. The molecule has 2 N–H and O–H groups in total. The molecule has 0 aromatic carbocycles. The van der Waals surface area contributed by atoms with E-state index in [1.54, 1.807) is 0 Å². The first-order chi connectivity index (χ1) is 3.83. The lowest BCUT2D eigenvalue weighted by atomic mass is 9.70. The van der Waals surface area contributed by atoms with Gasteiger partial charge in [-0.25, -0.2) is 0 Å². The van der Waals surface area contributed by atoms with Crippen LogP contribution >= 0.6 is 12.4 Å². The van der Waals surface area contributed by atoms with E-state index in [0.29, 0.717) is 6.54 Å². The van der Waals surface area contributed by atoms with Crippen molar-refractivity contribution >= 4 is 12.4 Å². The maximum absolute atomic E-state index is 12.0. The third kappa shape index (κ3) is 1.55. The minimum absolute atomic E-state index is 0. The Morgan fingerprint density at radius 2 is 2.00 bits per heavy atom. The van der Waals surface area contributed by atoms with Crippen LogP contribution in [-0.4, -0.2) is 13.2 Å². The first kappa shape index (κ1) is 9.18. The van der Waals surface area contributed by atoms with Crippen molar-refractivity contribution in [3.8, 4) is 0 Å². The van der Waals surface area contributed by atoms with Crippen LogP contribution in [-0.2, 0) is 0 Å². The summed E-state index contributed by atoms with van der Waals surface area (Å²) in [5, 5.41) is 0. The average molecular weight is 154 g/mol. The van der Waals surface area contributed by atoms with E-state index in [0.717, 1.165) is 12.8 Å². The fourth-order valence-electron chi connectivity index (χ4n) is 1.07. The molecule has 1 rings (SSSR count). The Labute approximate surface area is 61.2 Å². The fourth-order valence-corrected chi connectivity index (χ4v) is 1.07. The van der Waals surface area contributed by atoms with Gasteiger partial charge in [-0.05, 0) is 12.8 Å². The molecule has 0 aromatic heterocycles. The maximum atomic E-state index is 12.0. The number of hydrogen-bond donors (Lipinski definition) is 1. The number of nitrogens with two attached hydrogens (primary N) is 1. The van der Waals surface area contributed by atoms with Gasteiger partial charge in [0.1, 0.15) is 0 Å². The van der Waals surface area contributed by atoms with Crippen molar-refractivity contribution in [2.75, 3.05) is 13.2 Å². The van der Waals surface area contributed by atoms with Crippen molar-refractivity contribution in [2.24, 2.45) is 11.1 Å². The van der Waals surface area contributed by atoms with Gasteiger partial charge in [-0.3, -0.25) is 4.39 Å². The topological polar surface area (TPSA) is 26.0 Å². The second-order valence-electron chi connectivity index (χ2n) is 2.69. The van der Waals surface area contributed by atoms with Gasteiger partial charge in [-0.15, -0.1) is 12.4 Å². The maximum Gasteiger partial charge on any atom is 0.0962 e. The average Bonchev–Trinajstić information content (AvgIpc) is 1.67. The minimum atomic E-state index is -0.219. The van der Waals surface area contributed by atoms with Crippen molar-refractivity contribution in [3.05, 3.63) is 0 Å². The van der Waals surface area contributed by atoms with Gasteiger partial charge in [0.2, 0.25) is 0 Å². The van der Waals surface area contributed by atoms with E-state index in [1.165, 1.54) is 6.42 Å². The van der Waals surface area contributed by atoms with E-state index in [4.69, 9.17) is 5.73 Å². The van der Waals surface area contributed by atoms with E-state index in [9.17, 15) is 4.39 Å². The predicted octanol–water partition coefficient (Wildman–Crippen LogP) is 1.51. The van der Waals surface area contributed by atoms with Crippen LogP contribution in [0.25, 0.3) is 0 Å². The molecule has 0 atom stereocenters. The van der Waals surface area contributed by atoms with Crippen molar-refractivity contribution in [2.45, 2.75) is 19.3 Å². The van der Waals surface area contributed by atoms with Gasteiger partial charge in [0.05, 0.1) is 6.67 Å². The summed E-state index contributed by atoms with van der Waals surface area (Å²) in [4.78, 5) is 0. The number of alkyl halides is 1. The van der Waals surface area contributed by atoms with Crippen molar-refractivity contribution in [3.63, 3.8) is 0 Å². The van der Waals surface area contributed by atoms with Crippen molar-refractivity contribution < 1.29 is 4.39 Å². The summed E-state index contributed by atoms with van der Waals surface area (Å²) in [5.74, 6) is 0. The second kappa shape index (κ2) is 3.37. The quantitative estimate of drug-likeness (QED) is 0.640. The lowest BCUT2D eigenvalue weighted by molar-refractivity contribution is 0.102. The molecular weight excluding hydrogens is 141 g/mol. The molecule has 0 spiro atoms. The van der Waals surface area contributed by atoms with Crippen LogP contribution in [0.2, 0.25) is 0 Å². The van der Waals surface area contributed by atoms with E-state index in [-0.39, 0.29) is 24.5 Å². The lowest BCUT2D eigenvalue weighted by Crippen LogP contribution is -2.38. The van der Waals surface area contributed by atoms with E-state index in [2.05, 4.69) is 0 Å². The Bertz CT molecular complexity index is 69.6. The van der Waals surface area contributed by atoms with Crippen molar-refractivity contribution in [1.82, 2.24) is 0 Å². The normalized spacial score (nSPS) is 22.0. The highest BCUT2D eigenvalue weighted by Crippen LogP contribution is 2.39. The molecule has 0 heterocycles. The van der Waals surface area contributed by atoms with Gasteiger partial charge in [0.15, 0.2) is 0 Å². The Kier molecular flexibility index (Phi) is 3.44. The summed E-state index contributed by atoms with van der Waals surface area (Å²) in [7, 11) is 0. The van der Waals surface area contributed by atoms with Crippen LogP contribution in [0.15, 0.2) is 0 Å². The van der Waals surface area contributed by atoms with Gasteiger partial charge in [-0.1, -0.05) is 6.42 Å². The Morgan fingerprint density at radius 1 is 1.44 bits per heavy atom. The van der Waals surface area contributed by atoms with E-state index < -0.39 is 0 Å². The largest absolute Gasteiger partial charge is 0.330 e. The number of halogens is 2. The highest BCUT2D eigenvalue weighted by molar-refractivity contribution is 5.85. The van der Waals surface area contributed by atoms with Gasteiger partial charge in [-0.2, -0.15) is 0 Å². The molecule has 3 heteroatoms. The van der Waals surface area contributed by atoms with Gasteiger partial charge >= 0.3 is 0 Å². The molecule has 0 bridgehead atoms. The first-order valence-electron chi connectivity index (χ1n) is 3.09. The highest BCUT2D eigenvalue weighted by atomic mass is 35.5. The van der Waals surface area contributed by atoms with Gasteiger partial charge < -0.3 is 5.73 Å². The first-order valence-corrected chi connectivity index (χ1v) is 3.09. The summed E-state index contributed by atoms with van der Waals surface area (Å²) >= 11 is 0. The number of hydrogen-bond acceptors (Lipinski definition) is 1. The second-order valence-corrected chi connectivity index (χ2v) is 2.69. The smallest absolute Gasteiger partial charge is 0.0962 e. The molecule has 0 saturated heterocycles. The van der Waals surface area contributed by atoms with Gasteiger partial charge in [0.25, 0.3) is 0 Å². The van der Waals surface area contributed by atoms with Crippen LogP contribution in [0.1, 0.15) is 19.3 Å². The molecule has 1 saturated carbocycles. The molecule has 9 heavy (non-hydrogen) atoms. The molecule has 0 aromatic rings. The molecule has 1 fully saturated rings. The summed E-state index contributed by atoms with van der Waals surface area (Å²) in [6, 6.07) is 0. The SMILES string of the molecule is Cl.NCC1(CF)CCC1. The molecule has 0 unspecified atom stereocenters.